The van der Waals surface area contributed by atoms with Crippen LogP contribution in [0.1, 0.15) is 62.4 Å². The molecular weight excluding hydrogens is 390 g/mol. The van der Waals surface area contributed by atoms with Crippen LogP contribution in [0.25, 0.3) is 22.3 Å². The van der Waals surface area contributed by atoms with Crippen molar-refractivity contribution >= 4 is 22.4 Å². The van der Waals surface area contributed by atoms with Gasteiger partial charge in [0, 0.05) is 54.9 Å². The standard InChI is InChI=1S/C17H19N3S.C5H12N2.C2H6/c1-11-20-16(10-21-11)15-9-19-17-14(15)7-13(8-18-17)12-5-3-2-4-6-12;1-7-4-2-6-3-5-7;1-2/h7-10,12H,2-6H2,1H3,(H,18,19);6H,2-5H2,1H3;1-2H3. The monoisotopic (exact) mass is 427 g/mol. The van der Waals surface area contributed by atoms with E-state index in [0.29, 0.717) is 5.92 Å². The first-order chi connectivity index (χ1) is 14.7. The maximum Gasteiger partial charge on any atom is 0.137 e. The second-order valence-corrected chi connectivity index (χ2v) is 9.07. The van der Waals surface area contributed by atoms with Gasteiger partial charge < -0.3 is 15.2 Å². The SMILES string of the molecule is CC.CN1CCNCC1.Cc1nc(-c2c[nH]c3ncc(C4CCCCC4)cc23)cs1. The Morgan fingerprint density at radius 2 is 1.83 bits per heavy atom. The molecule has 5 nitrogen and oxygen atoms in total. The highest BCUT2D eigenvalue weighted by molar-refractivity contribution is 7.09. The van der Waals surface area contributed by atoms with Crippen LogP contribution >= 0.6 is 11.3 Å². The van der Waals surface area contributed by atoms with Crippen LogP contribution in [0.2, 0.25) is 0 Å². The van der Waals surface area contributed by atoms with E-state index in [1.807, 2.05) is 20.0 Å². The second-order valence-electron chi connectivity index (χ2n) is 8.01. The highest BCUT2D eigenvalue weighted by Crippen LogP contribution is 2.35. The Balaban J connectivity index is 0.000000241. The minimum Gasteiger partial charge on any atom is -0.345 e. The minimum absolute atomic E-state index is 0.690. The number of nitrogens with zero attached hydrogens (tertiary/aromatic N) is 3. The first kappa shape index (κ1) is 22.9. The third kappa shape index (κ3) is 5.90. The maximum atomic E-state index is 4.63. The Morgan fingerprint density at radius 1 is 1.10 bits per heavy atom. The van der Waals surface area contributed by atoms with Gasteiger partial charge in [0.25, 0.3) is 0 Å². The number of hydrogen-bond acceptors (Lipinski definition) is 5. The molecular formula is C24H37N5S. The van der Waals surface area contributed by atoms with Crippen molar-refractivity contribution in [3.8, 4) is 11.3 Å². The largest absolute Gasteiger partial charge is 0.345 e. The number of thiazole rings is 1. The molecule has 5 rings (SSSR count). The average molecular weight is 428 g/mol. The molecule has 1 aliphatic heterocycles. The summed E-state index contributed by atoms with van der Waals surface area (Å²) >= 11 is 1.70. The summed E-state index contributed by atoms with van der Waals surface area (Å²) in [5.41, 5.74) is 4.61. The summed E-state index contributed by atoms with van der Waals surface area (Å²) < 4.78 is 0. The van der Waals surface area contributed by atoms with Crippen molar-refractivity contribution in [2.24, 2.45) is 0 Å². The summed E-state index contributed by atoms with van der Waals surface area (Å²) in [5.74, 6) is 0.690. The fraction of sp³-hybridized carbons (Fsp3) is 0.583. The maximum absolute atomic E-state index is 4.63. The number of aromatic amines is 1. The Morgan fingerprint density at radius 3 is 2.43 bits per heavy atom. The number of likely N-dealkylation sites (N-methyl/N-ethyl adjacent to an activating group) is 1. The van der Waals surface area contributed by atoms with E-state index in [0.717, 1.165) is 29.4 Å². The molecule has 2 fully saturated rings. The average Bonchev–Trinajstić information content (AvgIpc) is 3.42. The fourth-order valence-electron chi connectivity index (χ4n) is 4.15. The lowest BCUT2D eigenvalue weighted by atomic mass is 9.84. The summed E-state index contributed by atoms with van der Waals surface area (Å²) in [6, 6.07) is 2.33. The summed E-state index contributed by atoms with van der Waals surface area (Å²) in [7, 11) is 2.15. The molecule has 0 spiro atoms. The van der Waals surface area contributed by atoms with Crippen LogP contribution < -0.4 is 5.32 Å². The molecule has 164 valence electrons. The van der Waals surface area contributed by atoms with E-state index >= 15 is 0 Å². The normalized spacial score (nSPS) is 17.7. The fourth-order valence-corrected chi connectivity index (χ4v) is 4.77. The number of H-pyrrole nitrogens is 1. The lowest BCUT2D eigenvalue weighted by Crippen LogP contribution is -2.40. The molecule has 1 aliphatic carbocycles. The molecule has 3 aromatic heterocycles. The van der Waals surface area contributed by atoms with Crippen molar-refractivity contribution < 1.29 is 0 Å². The molecule has 0 atom stereocenters. The smallest absolute Gasteiger partial charge is 0.137 e. The number of nitrogens with one attached hydrogen (secondary N) is 2. The highest BCUT2D eigenvalue weighted by atomic mass is 32.1. The van der Waals surface area contributed by atoms with Crippen LogP contribution in [-0.4, -0.2) is 53.1 Å². The van der Waals surface area contributed by atoms with Crippen molar-refractivity contribution in [3.63, 3.8) is 0 Å². The number of piperazine rings is 1. The first-order valence-corrected chi connectivity index (χ1v) is 12.4. The lowest BCUT2D eigenvalue weighted by molar-refractivity contribution is 0.291. The van der Waals surface area contributed by atoms with Gasteiger partial charge in [0.1, 0.15) is 5.65 Å². The van der Waals surface area contributed by atoms with Gasteiger partial charge >= 0.3 is 0 Å². The predicted molar refractivity (Wildman–Crippen MR) is 129 cm³/mol. The van der Waals surface area contributed by atoms with Gasteiger partial charge in [-0.2, -0.15) is 0 Å². The summed E-state index contributed by atoms with van der Waals surface area (Å²) in [4.78, 5) is 14.9. The zero-order valence-corrected chi connectivity index (χ0v) is 19.8. The summed E-state index contributed by atoms with van der Waals surface area (Å²) in [6.45, 7) is 10.8. The molecule has 1 saturated carbocycles. The van der Waals surface area contributed by atoms with Gasteiger partial charge in [0.2, 0.25) is 0 Å². The van der Waals surface area contributed by atoms with Crippen LogP contribution in [-0.2, 0) is 0 Å². The van der Waals surface area contributed by atoms with Gasteiger partial charge in [-0.25, -0.2) is 9.97 Å². The zero-order valence-electron chi connectivity index (χ0n) is 19.0. The molecule has 1 saturated heterocycles. The number of aryl methyl sites for hydroxylation is 1. The van der Waals surface area contributed by atoms with Gasteiger partial charge in [-0.1, -0.05) is 33.1 Å². The first-order valence-electron chi connectivity index (χ1n) is 11.5. The van der Waals surface area contributed by atoms with E-state index in [1.165, 1.54) is 61.7 Å². The third-order valence-corrected chi connectivity index (χ3v) is 6.64. The number of fused-ring (bicyclic) bond motifs is 1. The molecule has 3 aromatic rings. The molecule has 0 radical (unpaired) electrons. The quantitative estimate of drug-likeness (QED) is 0.560. The predicted octanol–water partition coefficient (Wildman–Crippen LogP) is 5.59. The van der Waals surface area contributed by atoms with Gasteiger partial charge in [-0.3, -0.25) is 0 Å². The number of pyridine rings is 1. The summed E-state index contributed by atoms with van der Waals surface area (Å²) in [5, 5.41) is 7.72. The van der Waals surface area contributed by atoms with E-state index in [4.69, 9.17) is 0 Å². The van der Waals surface area contributed by atoms with Crippen LogP contribution in [0, 0.1) is 6.92 Å². The van der Waals surface area contributed by atoms with Gasteiger partial charge in [0.15, 0.2) is 0 Å². The lowest BCUT2D eigenvalue weighted by Gasteiger charge is -2.21. The van der Waals surface area contributed by atoms with Crippen molar-refractivity contribution in [2.45, 2.75) is 58.8 Å². The van der Waals surface area contributed by atoms with Crippen molar-refractivity contribution in [3.05, 3.63) is 34.4 Å². The molecule has 0 bridgehead atoms. The van der Waals surface area contributed by atoms with Crippen molar-refractivity contribution in [2.75, 3.05) is 33.2 Å². The van der Waals surface area contributed by atoms with E-state index < -0.39 is 0 Å². The van der Waals surface area contributed by atoms with Crippen LogP contribution in [0.4, 0.5) is 0 Å². The number of hydrogen-bond donors (Lipinski definition) is 2. The molecule has 2 aliphatic rings. The Bertz CT molecular complexity index is 888. The molecule has 0 aromatic carbocycles. The molecule has 6 heteroatoms. The summed E-state index contributed by atoms with van der Waals surface area (Å²) in [6.07, 6.45) is 10.8. The molecule has 0 amide bonds. The van der Waals surface area contributed by atoms with E-state index in [2.05, 4.69) is 56.8 Å². The minimum atomic E-state index is 0.690. The second kappa shape index (κ2) is 11.6. The van der Waals surface area contributed by atoms with Gasteiger partial charge in [-0.05, 0) is 44.4 Å². The Hall–Kier alpha value is -1.76. The van der Waals surface area contributed by atoms with Gasteiger partial charge in [-0.15, -0.1) is 11.3 Å². The van der Waals surface area contributed by atoms with E-state index in [1.54, 1.807) is 11.3 Å². The van der Waals surface area contributed by atoms with Crippen molar-refractivity contribution in [1.82, 2.24) is 25.2 Å². The van der Waals surface area contributed by atoms with E-state index in [9.17, 15) is 0 Å². The van der Waals surface area contributed by atoms with Gasteiger partial charge in [0.05, 0.1) is 10.7 Å². The zero-order chi connectivity index (χ0) is 21.3. The third-order valence-electron chi connectivity index (χ3n) is 5.86. The molecule has 0 unspecified atom stereocenters. The van der Waals surface area contributed by atoms with E-state index in [-0.39, 0.29) is 0 Å². The molecule has 4 heterocycles. The highest BCUT2D eigenvalue weighted by Gasteiger charge is 2.18. The molecule has 30 heavy (non-hydrogen) atoms. The van der Waals surface area contributed by atoms with Crippen LogP contribution in [0.15, 0.2) is 23.8 Å². The van der Waals surface area contributed by atoms with Crippen molar-refractivity contribution in [1.29, 1.82) is 0 Å². The molecule has 2 N–H and O–H groups in total. The Kier molecular flexibility index (Phi) is 8.85. The number of rotatable bonds is 2. The number of aromatic nitrogens is 3. The van der Waals surface area contributed by atoms with Crippen LogP contribution in [0.3, 0.4) is 0 Å². The topological polar surface area (TPSA) is 56.8 Å². The Labute approximate surface area is 185 Å². The van der Waals surface area contributed by atoms with Crippen LogP contribution in [0.5, 0.6) is 0 Å².